The smallest absolute Gasteiger partial charge is 0.260 e. The van der Waals surface area contributed by atoms with E-state index in [-0.39, 0.29) is 5.91 Å². The highest BCUT2D eigenvalue weighted by molar-refractivity contribution is 9.10. The Balaban J connectivity index is 2.19. The molecule has 0 saturated carbocycles. The number of carbonyl (C=O) groups excluding carboxylic acids is 1. The Hall–Kier alpha value is -1.27. The van der Waals surface area contributed by atoms with Gasteiger partial charge in [-0.1, -0.05) is 6.92 Å². The Labute approximate surface area is 118 Å². The normalized spacial score (nSPS) is 10.4. The van der Waals surface area contributed by atoms with Crippen LogP contribution < -0.4 is 5.32 Å². The first-order valence-electron chi connectivity index (χ1n) is 5.50. The molecule has 0 unspecified atom stereocenters. The largest absolute Gasteiger partial charge is 0.298 e. The fourth-order valence-electron chi connectivity index (χ4n) is 1.53. The molecule has 0 radical (unpaired) electrons. The fourth-order valence-corrected chi connectivity index (χ4v) is 2.86. The summed E-state index contributed by atoms with van der Waals surface area (Å²) in [5.41, 5.74) is 1.53. The van der Waals surface area contributed by atoms with Gasteiger partial charge in [0, 0.05) is 11.1 Å². The second-order valence-electron chi connectivity index (χ2n) is 3.67. The van der Waals surface area contributed by atoms with E-state index in [0.29, 0.717) is 15.3 Å². The average Bonchev–Trinajstić information content (AvgIpc) is 2.69. The molecule has 0 aliphatic carbocycles. The molecule has 18 heavy (non-hydrogen) atoms. The Morgan fingerprint density at radius 2 is 2.33 bits per heavy atom. The first-order valence-corrected chi connectivity index (χ1v) is 7.11. The Morgan fingerprint density at radius 3 is 2.94 bits per heavy atom. The molecule has 2 aromatic heterocycles. The summed E-state index contributed by atoms with van der Waals surface area (Å²) in [5.74, 6) is -0.202. The highest BCUT2D eigenvalue weighted by Gasteiger charge is 2.13. The van der Waals surface area contributed by atoms with E-state index in [1.807, 2.05) is 13.8 Å². The van der Waals surface area contributed by atoms with Crippen LogP contribution in [0.4, 0.5) is 5.13 Å². The number of hydrogen-bond acceptors (Lipinski definition) is 4. The van der Waals surface area contributed by atoms with E-state index in [1.165, 1.54) is 11.3 Å². The average molecular weight is 326 g/mol. The number of hydrogen-bond donors (Lipinski definition) is 1. The Morgan fingerprint density at radius 1 is 1.56 bits per heavy atom. The molecule has 2 aromatic rings. The third kappa shape index (κ3) is 2.76. The summed E-state index contributed by atoms with van der Waals surface area (Å²) >= 11 is 4.74. The van der Waals surface area contributed by atoms with Gasteiger partial charge in [0.15, 0.2) is 5.13 Å². The Bertz CT molecular complexity index is 582. The number of nitrogens with one attached hydrogen (secondary N) is 1. The highest BCUT2D eigenvalue weighted by atomic mass is 79.9. The number of aromatic nitrogens is 2. The molecule has 0 fully saturated rings. The van der Waals surface area contributed by atoms with Crippen LogP contribution in [0.15, 0.2) is 22.9 Å². The van der Waals surface area contributed by atoms with Gasteiger partial charge in [0.05, 0.1) is 11.3 Å². The third-order valence-electron chi connectivity index (χ3n) is 2.45. The molecule has 4 nitrogen and oxygen atoms in total. The van der Waals surface area contributed by atoms with Gasteiger partial charge >= 0.3 is 0 Å². The van der Waals surface area contributed by atoms with Crippen LogP contribution in [-0.4, -0.2) is 15.9 Å². The van der Waals surface area contributed by atoms with E-state index in [4.69, 9.17) is 0 Å². The van der Waals surface area contributed by atoms with Gasteiger partial charge in [0.1, 0.15) is 4.60 Å². The lowest BCUT2D eigenvalue weighted by atomic mass is 10.3. The summed E-state index contributed by atoms with van der Waals surface area (Å²) in [6, 6.07) is 3.44. The molecular weight excluding hydrogens is 314 g/mol. The van der Waals surface area contributed by atoms with Crippen LogP contribution in [0.1, 0.15) is 27.9 Å². The first kappa shape index (κ1) is 13.2. The maximum absolute atomic E-state index is 12.0. The van der Waals surface area contributed by atoms with Crippen molar-refractivity contribution in [1.82, 2.24) is 9.97 Å². The molecule has 1 amide bonds. The maximum atomic E-state index is 12.0. The van der Waals surface area contributed by atoms with Crippen LogP contribution in [0.5, 0.6) is 0 Å². The molecule has 0 aliphatic heterocycles. The van der Waals surface area contributed by atoms with Gasteiger partial charge in [-0.25, -0.2) is 9.97 Å². The van der Waals surface area contributed by atoms with E-state index in [9.17, 15) is 4.79 Å². The van der Waals surface area contributed by atoms with Crippen LogP contribution in [0.25, 0.3) is 0 Å². The molecule has 0 saturated heterocycles. The molecular formula is C12H12BrN3OS. The van der Waals surface area contributed by atoms with Crippen LogP contribution in [0, 0.1) is 6.92 Å². The van der Waals surface area contributed by atoms with Crippen molar-refractivity contribution < 1.29 is 4.79 Å². The first-order chi connectivity index (χ1) is 8.61. The number of aryl methyl sites for hydroxylation is 2. The summed E-state index contributed by atoms with van der Waals surface area (Å²) in [6.45, 7) is 4.05. The molecule has 1 N–H and O–H groups in total. The number of anilines is 1. The number of thiazole rings is 1. The second kappa shape index (κ2) is 5.58. The van der Waals surface area contributed by atoms with Gasteiger partial charge < -0.3 is 0 Å². The van der Waals surface area contributed by atoms with E-state index < -0.39 is 0 Å². The molecule has 94 valence electrons. The lowest BCUT2D eigenvalue weighted by molar-refractivity contribution is 0.102. The molecule has 6 heteroatoms. The van der Waals surface area contributed by atoms with E-state index >= 15 is 0 Å². The topological polar surface area (TPSA) is 54.9 Å². The zero-order valence-corrected chi connectivity index (χ0v) is 12.4. The summed E-state index contributed by atoms with van der Waals surface area (Å²) < 4.78 is 0.534. The number of halogens is 1. The number of amides is 1. The summed E-state index contributed by atoms with van der Waals surface area (Å²) in [5, 5.41) is 3.42. The van der Waals surface area contributed by atoms with Crippen LogP contribution in [0.3, 0.4) is 0 Å². The third-order valence-corrected chi connectivity index (χ3v) is 4.01. The van der Waals surface area contributed by atoms with E-state index in [2.05, 4.69) is 31.2 Å². The molecule has 0 spiro atoms. The standard InChI is InChI=1S/C12H12BrN3OS/c1-3-9-7(2)18-12(15-9)16-11(17)8-5-4-6-14-10(8)13/h4-6H,3H2,1-2H3,(H,15,16,17). The predicted octanol–water partition coefficient (Wildman–Crippen LogP) is 3.42. The quantitative estimate of drug-likeness (QED) is 0.879. The minimum atomic E-state index is -0.202. The zero-order valence-electron chi connectivity index (χ0n) is 10.0. The predicted molar refractivity (Wildman–Crippen MR) is 76.1 cm³/mol. The van der Waals surface area contributed by atoms with Crippen molar-refractivity contribution in [2.24, 2.45) is 0 Å². The van der Waals surface area contributed by atoms with Gasteiger partial charge in [-0.15, -0.1) is 11.3 Å². The minimum absolute atomic E-state index is 0.202. The van der Waals surface area contributed by atoms with Crippen LogP contribution in [0.2, 0.25) is 0 Å². The number of nitrogens with zero attached hydrogens (tertiary/aromatic N) is 2. The van der Waals surface area contributed by atoms with Crippen LogP contribution in [-0.2, 0) is 6.42 Å². The van der Waals surface area contributed by atoms with E-state index in [0.717, 1.165) is 17.0 Å². The van der Waals surface area contributed by atoms with Crippen molar-refractivity contribution in [1.29, 1.82) is 0 Å². The number of pyridine rings is 1. The molecule has 0 atom stereocenters. The number of rotatable bonds is 3. The monoisotopic (exact) mass is 325 g/mol. The summed E-state index contributed by atoms with van der Waals surface area (Å²) in [6.07, 6.45) is 2.50. The van der Waals surface area contributed by atoms with Gasteiger partial charge in [-0.2, -0.15) is 0 Å². The lowest BCUT2D eigenvalue weighted by Gasteiger charge is -2.02. The maximum Gasteiger partial charge on any atom is 0.260 e. The SMILES string of the molecule is CCc1nc(NC(=O)c2cccnc2Br)sc1C. The zero-order chi connectivity index (χ0) is 13.1. The molecule has 0 aliphatic rings. The summed E-state index contributed by atoms with van der Waals surface area (Å²) in [7, 11) is 0. The fraction of sp³-hybridized carbons (Fsp3) is 0.250. The molecule has 2 rings (SSSR count). The van der Waals surface area contributed by atoms with Gasteiger partial charge in [0.25, 0.3) is 5.91 Å². The van der Waals surface area contributed by atoms with Gasteiger partial charge in [-0.3, -0.25) is 10.1 Å². The molecule has 2 heterocycles. The van der Waals surface area contributed by atoms with Crippen molar-refractivity contribution in [3.05, 3.63) is 39.1 Å². The van der Waals surface area contributed by atoms with Crippen molar-refractivity contribution >= 4 is 38.3 Å². The lowest BCUT2D eigenvalue weighted by Crippen LogP contribution is -2.12. The second-order valence-corrected chi connectivity index (χ2v) is 5.63. The molecule has 0 bridgehead atoms. The number of carbonyl (C=O) groups is 1. The van der Waals surface area contributed by atoms with Crippen molar-refractivity contribution in [3.63, 3.8) is 0 Å². The van der Waals surface area contributed by atoms with Crippen molar-refractivity contribution in [3.8, 4) is 0 Å². The van der Waals surface area contributed by atoms with E-state index in [1.54, 1.807) is 18.3 Å². The van der Waals surface area contributed by atoms with Gasteiger partial charge in [0.2, 0.25) is 0 Å². The van der Waals surface area contributed by atoms with Crippen LogP contribution >= 0.6 is 27.3 Å². The van der Waals surface area contributed by atoms with Crippen molar-refractivity contribution in [2.75, 3.05) is 5.32 Å². The van der Waals surface area contributed by atoms with Crippen molar-refractivity contribution in [2.45, 2.75) is 20.3 Å². The molecule has 0 aromatic carbocycles. The minimum Gasteiger partial charge on any atom is -0.298 e. The Kier molecular flexibility index (Phi) is 4.08. The summed E-state index contributed by atoms with van der Waals surface area (Å²) in [4.78, 5) is 21.6. The van der Waals surface area contributed by atoms with Gasteiger partial charge in [-0.05, 0) is 41.4 Å². The highest BCUT2D eigenvalue weighted by Crippen LogP contribution is 2.23.